The molecule has 0 bridgehead atoms. The summed E-state index contributed by atoms with van der Waals surface area (Å²) in [7, 11) is 0. The minimum atomic E-state index is -0.0930. The third-order valence-electron chi connectivity index (χ3n) is 5.43. The Balaban J connectivity index is 1.39. The summed E-state index contributed by atoms with van der Waals surface area (Å²) >= 11 is 0. The van der Waals surface area contributed by atoms with E-state index in [9.17, 15) is 9.59 Å². The van der Waals surface area contributed by atoms with Crippen LogP contribution in [0.25, 0.3) is 0 Å². The number of nitrogens with one attached hydrogen (secondary N) is 3. The molecular formula is C21H31N3O3. The molecule has 6 heteroatoms. The zero-order valence-corrected chi connectivity index (χ0v) is 16.0. The summed E-state index contributed by atoms with van der Waals surface area (Å²) in [6, 6.07) is 7.44. The van der Waals surface area contributed by atoms with Crippen LogP contribution in [-0.2, 0) is 16.1 Å². The molecule has 0 aromatic heterocycles. The highest BCUT2D eigenvalue weighted by atomic mass is 16.5. The van der Waals surface area contributed by atoms with Gasteiger partial charge < -0.3 is 20.7 Å². The van der Waals surface area contributed by atoms with Gasteiger partial charge in [0.15, 0.2) is 0 Å². The summed E-state index contributed by atoms with van der Waals surface area (Å²) in [6.45, 7) is 3.92. The average molecular weight is 373 g/mol. The van der Waals surface area contributed by atoms with E-state index in [0.29, 0.717) is 31.0 Å². The van der Waals surface area contributed by atoms with Crippen molar-refractivity contribution >= 4 is 11.8 Å². The Morgan fingerprint density at radius 3 is 2.78 bits per heavy atom. The summed E-state index contributed by atoms with van der Waals surface area (Å²) in [5.74, 6) is 0.652. The third kappa shape index (κ3) is 6.63. The second kappa shape index (κ2) is 10.4. The maximum absolute atomic E-state index is 12.3. The Bertz CT molecular complexity index is 623. The third-order valence-corrected chi connectivity index (χ3v) is 5.43. The van der Waals surface area contributed by atoms with E-state index in [2.05, 4.69) is 16.0 Å². The van der Waals surface area contributed by atoms with Crippen molar-refractivity contribution in [1.82, 2.24) is 16.0 Å². The Morgan fingerprint density at radius 1 is 1.15 bits per heavy atom. The predicted molar refractivity (Wildman–Crippen MR) is 104 cm³/mol. The number of rotatable bonds is 8. The molecule has 3 rings (SSSR count). The smallest absolute Gasteiger partial charge is 0.251 e. The van der Waals surface area contributed by atoms with Crippen LogP contribution in [0.15, 0.2) is 24.3 Å². The molecule has 1 atom stereocenters. The van der Waals surface area contributed by atoms with Crippen LogP contribution in [0.4, 0.5) is 0 Å². The van der Waals surface area contributed by atoms with E-state index in [0.717, 1.165) is 57.4 Å². The molecule has 2 fully saturated rings. The molecule has 1 aromatic carbocycles. The number of amides is 2. The largest absolute Gasteiger partial charge is 0.376 e. The molecule has 2 heterocycles. The van der Waals surface area contributed by atoms with Crippen LogP contribution in [0.3, 0.4) is 0 Å². The SMILES string of the molecule is O=C(CCC1CCNCC1)NCc1cccc(C(=O)NCC2CCCO2)c1. The maximum atomic E-state index is 12.3. The van der Waals surface area contributed by atoms with Crippen molar-refractivity contribution in [2.75, 3.05) is 26.2 Å². The molecule has 0 radical (unpaired) electrons. The fourth-order valence-corrected chi connectivity index (χ4v) is 3.73. The van der Waals surface area contributed by atoms with Crippen molar-refractivity contribution in [3.63, 3.8) is 0 Å². The number of ether oxygens (including phenoxy) is 1. The highest BCUT2D eigenvalue weighted by molar-refractivity contribution is 5.94. The predicted octanol–water partition coefficient (Wildman–Crippen LogP) is 1.99. The first-order chi connectivity index (χ1) is 13.2. The first-order valence-corrected chi connectivity index (χ1v) is 10.2. The second-order valence-corrected chi connectivity index (χ2v) is 7.55. The molecule has 2 saturated heterocycles. The molecule has 1 aromatic rings. The minimum absolute atomic E-state index is 0.0850. The van der Waals surface area contributed by atoms with E-state index in [-0.39, 0.29) is 17.9 Å². The number of benzene rings is 1. The van der Waals surface area contributed by atoms with Gasteiger partial charge in [-0.1, -0.05) is 12.1 Å². The molecule has 3 N–H and O–H groups in total. The Kier molecular flexibility index (Phi) is 7.66. The van der Waals surface area contributed by atoms with Gasteiger partial charge in [0, 0.05) is 31.7 Å². The average Bonchev–Trinajstić information content (AvgIpc) is 3.23. The van der Waals surface area contributed by atoms with Gasteiger partial charge in [-0.3, -0.25) is 9.59 Å². The van der Waals surface area contributed by atoms with Gasteiger partial charge in [-0.15, -0.1) is 0 Å². The summed E-state index contributed by atoms with van der Waals surface area (Å²) < 4.78 is 5.53. The normalized spacial score (nSPS) is 20.4. The monoisotopic (exact) mass is 373 g/mol. The van der Waals surface area contributed by atoms with Gasteiger partial charge in [0.25, 0.3) is 5.91 Å². The van der Waals surface area contributed by atoms with Gasteiger partial charge in [-0.2, -0.15) is 0 Å². The summed E-state index contributed by atoms with van der Waals surface area (Å²) in [4.78, 5) is 24.4. The fraction of sp³-hybridized carbons (Fsp3) is 0.619. The van der Waals surface area contributed by atoms with Crippen molar-refractivity contribution in [3.8, 4) is 0 Å². The molecule has 0 aliphatic carbocycles. The molecule has 0 spiro atoms. The summed E-state index contributed by atoms with van der Waals surface area (Å²) in [6.07, 6.45) is 6.06. The van der Waals surface area contributed by atoms with Crippen molar-refractivity contribution in [2.24, 2.45) is 5.92 Å². The van der Waals surface area contributed by atoms with Crippen molar-refractivity contribution in [2.45, 2.75) is 51.2 Å². The van der Waals surface area contributed by atoms with Crippen LogP contribution in [0.2, 0.25) is 0 Å². The molecule has 2 amide bonds. The first kappa shape index (κ1) is 19.8. The van der Waals surface area contributed by atoms with E-state index in [1.165, 1.54) is 0 Å². The number of carbonyl (C=O) groups excluding carboxylic acids is 2. The van der Waals surface area contributed by atoms with E-state index in [1.54, 1.807) is 6.07 Å². The standard InChI is InChI=1S/C21H31N3O3/c25-20(7-6-16-8-10-22-11-9-16)23-14-17-3-1-4-18(13-17)21(26)24-15-19-5-2-12-27-19/h1,3-4,13,16,19,22H,2,5-12,14-15H2,(H,23,25)(H,24,26). The lowest BCUT2D eigenvalue weighted by Gasteiger charge is -2.22. The Labute approximate surface area is 161 Å². The first-order valence-electron chi connectivity index (χ1n) is 10.2. The van der Waals surface area contributed by atoms with Gasteiger partial charge in [0.05, 0.1) is 6.10 Å². The van der Waals surface area contributed by atoms with Crippen LogP contribution < -0.4 is 16.0 Å². The van der Waals surface area contributed by atoms with Gasteiger partial charge in [0.2, 0.25) is 5.91 Å². The maximum Gasteiger partial charge on any atom is 0.251 e. The van der Waals surface area contributed by atoms with Crippen LogP contribution in [-0.4, -0.2) is 44.2 Å². The van der Waals surface area contributed by atoms with Crippen molar-refractivity contribution in [3.05, 3.63) is 35.4 Å². The molecule has 0 saturated carbocycles. The van der Waals surface area contributed by atoms with Gasteiger partial charge >= 0.3 is 0 Å². The van der Waals surface area contributed by atoms with Crippen LogP contribution in [0.5, 0.6) is 0 Å². The number of hydrogen-bond acceptors (Lipinski definition) is 4. The summed E-state index contributed by atoms with van der Waals surface area (Å²) in [5, 5.41) is 9.26. The highest BCUT2D eigenvalue weighted by Gasteiger charge is 2.17. The molecule has 27 heavy (non-hydrogen) atoms. The zero-order valence-electron chi connectivity index (χ0n) is 16.0. The molecule has 2 aliphatic rings. The molecular weight excluding hydrogens is 342 g/mol. The fourth-order valence-electron chi connectivity index (χ4n) is 3.73. The van der Waals surface area contributed by atoms with E-state index in [1.807, 2.05) is 18.2 Å². The van der Waals surface area contributed by atoms with Gasteiger partial charge in [-0.05, 0) is 68.8 Å². The van der Waals surface area contributed by atoms with Gasteiger partial charge in [0.1, 0.15) is 0 Å². The van der Waals surface area contributed by atoms with Gasteiger partial charge in [-0.25, -0.2) is 0 Å². The van der Waals surface area contributed by atoms with Crippen molar-refractivity contribution in [1.29, 1.82) is 0 Å². The quantitative estimate of drug-likeness (QED) is 0.651. The lowest BCUT2D eigenvalue weighted by molar-refractivity contribution is -0.121. The molecule has 6 nitrogen and oxygen atoms in total. The topological polar surface area (TPSA) is 79.5 Å². The highest BCUT2D eigenvalue weighted by Crippen LogP contribution is 2.17. The molecule has 2 aliphatic heterocycles. The van der Waals surface area contributed by atoms with Crippen LogP contribution in [0.1, 0.15) is 54.4 Å². The van der Waals surface area contributed by atoms with E-state index < -0.39 is 0 Å². The molecule has 148 valence electrons. The lowest BCUT2D eigenvalue weighted by Crippen LogP contribution is -2.32. The molecule has 1 unspecified atom stereocenters. The second-order valence-electron chi connectivity index (χ2n) is 7.55. The summed E-state index contributed by atoms with van der Waals surface area (Å²) in [5.41, 5.74) is 1.56. The number of hydrogen-bond donors (Lipinski definition) is 3. The Morgan fingerprint density at radius 2 is 2.00 bits per heavy atom. The van der Waals surface area contributed by atoms with Crippen molar-refractivity contribution < 1.29 is 14.3 Å². The number of piperidine rings is 1. The lowest BCUT2D eigenvalue weighted by atomic mass is 9.93. The Hall–Kier alpha value is -1.92. The van der Waals surface area contributed by atoms with Crippen LogP contribution >= 0.6 is 0 Å². The zero-order chi connectivity index (χ0) is 18.9. The van der Waals surface area contributed by atoms with E-state index in [4.69, 9.17) is 4.74 Å². The van der Waals surface area contributed by atoms with E-state index >= 15 is 0 Å². The number of carbonyl (C=O) groups is 2. The van der Waals surface area contributed by atoms with Crippen LogP contribution in [0, 0.1) is 5.92 Å². The minimum Gasteiger partial charge on any atom is -0.376 e.